The van der Waals surface area contributed by atoms with Gasteiger partial charge in [0, 0.05) is 31.7 Å². The van der Waals surface area contributed by atoms with Gasteiger partial charge in [-0.1, -0.05) is 0 Å². The molecule has 4 rings (SSSR count). The average molecular weight is 536 g/mol. The van der Waals surface area contributed by atoms with Crippen LogP contribution in [-0.4, -0.2) is 88.3 Å². The van der Waals surface area contributed by atoms with Crippen molar-refractivity contribution in [2.75, 3.05) is 44.8 Å². The Balaban J connectivity index is 0.000000329. The second-order valence-electron chi connectivity index (χ2n) is 8.91. The molecule has 2 aliphatic rings. The van der Waals surface area contributed by atoms with Crippen molar-refractivity contribution < 1.29 is 44.0 Å². The number of anilines is 1. The summed E-state index contributed by atoms with van der Waals surface area (Å²) in [7, 11) is 0. The van der Waals surface area contributed by atoms with E-state index in [1.807, 2.05) is 6.92 Å². The van der Waals surface area contributed by atoms with Crippen LogP contribution in [0.3, 0.4) is 0 Å². The molecule has 2 aliphatic heterocycles. The number of H-pyrrole nitrogens is 1. The summed E-state index contributed by atoms with van der Waals surface area (Å²) in [5, 5.41) is 29.5. The first-order chi connectivity index (χ1) is 18.0. The fraction of sp³-hybridized carbons (Fsp3) is 0.520. The molecule has 1 fully saturated rings. The van der Waals surface area contributed by atoms with E-state index in [0.717, 1.165) is 92.6 Å². The maximum Gasteiger partial charge on any atom is 0.373 e. The summed E-state index contributed by atoms with van der Waals surface area (Å²) in [4.78, 5) is 54.1. The highest BCUT2D eigenvalue weighted by atomic mass is 16.5. The first kappa shape index (κ1) is 30.5. The second-order valence-corrected chi connectivity index (χ2v) is 8.91. The number of carbonyl (C=O) groups is 2. The van der Waals surface area contributed by atoms with Crippen LogP contribution in [-0.2, 0) is 36.9 Å². The molecular weight excluding hydrogens is 502 g/mol. The Kier molecular flexibility index (Phi) is 11.4. The van der Waals surface area contributed by atoms with E-state index in [1.54, 1.807) is 0 Å². The van der Waals surface area contributed by atoms with Crippen LogP contribution in [0.25, 0.3) is 10.9 Å². The van der Waals surface area contributed by atoms with Crippen molar-refractivity contribution in [1.29, 1.82) is 0 Å². The molecule has 0 amide bonds. The van der Waals surface area contributed by atoms with Crippen molar-refractivity contribution in [3.63, 3.8) is 0 Å². The van der Waals surface area contributed by atoms with Gasteiger partial charge in [0.05, 0.1) is 42.8 Å². The van der Waals surface area contributed by atoms with Gasteiger partial charge in [-0.2, -0.15) is 9.59 Å². The summed E-state index contributed by atoms with van der Waals surface area (Å²) in [6.07, 6.45) is 1.26. The molecule has 0 saturated carbocycles. The molecular formula is C25H33N3O10. The highest BCUT2D eigenvalue weighted by Crippen LogP contribution is 2.36. The number of nitrogens with one attached hydrogen (secondary N) is 2. The number of aromatic nitrogens is 1. The molecule has 0 spiro atoms. The van der Waals surface area contributed by atoms with E-state index in [1.165, 1.54) is 0 Å². The molecule has 13 heteroatoms. The third kappa shape index (κ3) is 8.38. The van der Waals surface area contributed by atoms with Crippen molar-refractivity contribution >= 4 is 34.7 Å². The highest BCUT2D eigenvalue weighted by molar-refractivity contribution is 5.98. The number of aromatic amines is 1. The van der Waals surface area contributed by atoms with Gasteiger partial charge in [-0.25, -0.2) is 4.79 Å². The van der Waals surface area contributed by atoms with Gasteiger partial charge in [-0.3, -0.25) is 14.5 Å². The molecule has 13 nitrogen and oxygen atoms in total. The normalized spacial score (nSPS) is 16.2. The number of hydrogen-bond donors (Lipinski definition) is 5. The SMILES string of the molecule is CC(O)(CC(=O)O)C(=O)O.CCOc1cc(CN2CCOCC2)cc2[nH]c(=O)c3c(c12)NCCC3.O=C=O. The van der Waals surface area contributed by atoms with E-state index in [2.05, 4.69) is 27.3 Å². The van der Waals surface area contributed by atoms with Crippen molar-refractivity contribution in [3.05, 3.63) is 33.6 Å². The predicted octanol–water partition coefficient (Wildman–Crippen LogP) is 0.830. The maximum atomic E-state index is 12.5. The lowest BCUT2D eigenvalue weighted by molar-refractivity contribution is -0.191. The monoisotopic (exact) mass is 535 g/mol. The van der Waals surface area contributed by atoms with Crippen molar-refractivity contribution in [3.8, 4) is 5.75 Å². The fourth-order valence-electron chi connectivity index (χ4n) is 4.15. The number of morpholine rings is 1. The first-order valence-corrected chi connectivity index (χ1v) is 12.1. The molecule has 208 valence electrons. The van der Waals surface area contributed by atoms with Crippen molar-refractivity contribution in [2.24, 2.45) is 0 Å². The van der Waals surface area contributed by atoms with Gasteiger partial charge < -0.3 is 35.1 Å². The average Bonchev–Trinajstić information content (AvgIpc) is 2.85. The number of aliphatic carboxylic acids is 2. The third-order valence-corrected chi connectivity index (χ3v) is 5.91. The second kappa shape index (κ2) is 14.2. The van der Waals surface area contributed by atoms with Crippen LogP contribution in [0.1, 0.15) is 37.8 Å². The Bertz CT molecular complexity index is 1210. The van der Waals surface area contributed by atoms with E-state index < -0.39 is 24.0 Å². The molecule has 3 heterocycles. The van der Waals surface area contributed by atoms with Gasteiger partial charge in [0.25, 0.3) is 5.56 Å². The highest BCUT2D eigenvalue weighted by Gasteiger charge is 2.32. The number of carboxylic acids is 2. The zero-order valence-corrected chi connectivity index (χ0v) is 21.4. The molecule has 1 unspecified atom stereocenters. The summed E-state index contributed by atoms with van der Waals surface area (Å²) < 4.78 is 11.4. The van der Waals surface area contributed by atoms with E-state index in [0.29, 0.717) is 6.61 Å². The number of fused-ring (bicyclic) bond motifs is 3. The summed E-state index contributed by atoms with van der Waals surface area (Å²) in [5.74, 6) is -2.02. The Morgan fingerprint density at radius 1 is 1.21 bits per heavy atom. The molecule has 5 N–H and O–H groups in total. The fourth-order valence-corrected chi connectivity index (χ4v) is 4.15. The molecule has 1 atom stereocenters. The number of pyridine rings is 1. The van der Waals surface area contributed by atoms with E-state index >= 15 is 0 Å². The minimum Gasteiger partial charge on any atom is -0.493 e. The summed E-state index contributed by atoms with van der Waals surface area (Å²) >= 11 is 0. The Morgan fingerprint density at radius 3 is 2.42 bits per heavy atom. The minimum atomic E-state index is -2.16. The van der Waals surface area contributed by atoms with Gasteiger partial charge in [0.15, 0.2) is 5.60 Å². The molecule has 0 aliphatic carbocycles. The van der Waals surface area contributed by atoms with E-state index in [4.69, 9.17) is 34.4 Å². The lowest BCUT2D eigenvalue weighted by atomic mass is 9.99. The molecule has 2 aromatic rings. The summed E-state index contributed by atoms with van der Waals surface area (Å²) in [6.45, 7) is 8.69. The van der Waals surface area contributed by atoms with Crippen LogP contribution in [0, 0.1) is 0 Å². The molecule has 1 aromatic carbocycles. The molecule has 1 saturated heterocycles. The number of ether oxygens (including phenoxy) is 2. The maximum absolute atomic E-state index is 12.5. The zero-order chi connectivity index (χ0) is 28.3. The Morgan fingerprint density at radius 2 is 1.87 bits per heavy atom. The molecule has 38 heavy (non-hydrogen) atoms. The smallest absolute Gasteiger partial charge is 0.373 e. The number of rotatable bonds is 7. The number of benzene rings is 1. The standard InChI is InChI=1S/C19H25N3O3.C5H8O5.CO2/c1-2-25-16-11-13(12-22-6-8-24-9-7-22)10-15-17(16)18-14(19(23)21-15)4-3-5-20-18;1-5(10,4(8)9)2-3(6)7;2-1-3/h10-11,20H,2-9,12H2,1H3,(H,21,23);10H,2H2,1H3,(H,6,7)(H,8,9);. The predicted molar refractivity (Wildman–Crippen MR) is 134 cm³/mol. The number of carboxylic acid groups (broad SMARTS) is 2. The lowest BCUT2D eigenvalue weighted by Crippen LogP contribution is -2.37. The molecule has 0 radical (unpaired) electrons. The van der Waals surface area contributed by atoms with Gasteiger partial charge in [0.2, 0.25) is 0 Å². The van der Waals surface area contributed by atoms with Crippen LogP contribution in [0.2, 0.25) is 0 Å². The van der Waals surface area contributed by atoms with Crippen molar-refractivity contribution in [1.82, 2.24) is 9.88 Å². The van der Waals surface area contributed by atoms with Crippen LogP contribution >= 0.6 is 0 Å². The number of carbonyl (C=O) groups excluding carboxylic acids is 2. The van der Waals surface area contributed by atoms with Crippen molar-refractivity contribution in [2.45, 2.75) is 45.3 Å². The third-order valence-electron chi connectivity index (χ3n) is 5.91. The number of nitrogens with zero attached hydrogens (tertiary/aromatic N) is 1. The molecule has 0 bridgehead atoms. The lowest BCUT2D eigenvalue weighted by Gasteiger charge is -2.27. The van der Waals surface area contributed by atoms with E-state index in [-0.39, 0.29) is 11.7 Å². The van der Waals surface area contributed by atoms with Crippen LogP contribution in [0.15, 0.2) is 16.9 Å². The summed E-state index contributed by atoms with van der Waals surface area (Å²) in [5.41, 5.74) is 1.66. The van der Waals surface area contributed by atoms with Crippen LogP contribution in [0.4, 0.5) is 5.69 Å². The number of aliphatic hydroxyl groups is 1. The molecule has 1 aromatic heterocycles. The first-order valence-electron chi connectivity index (χ1n) is 12.1. The quantitative estimate of drug-likeness (QED) is 0.335. The topological polar surface area (TPSA) is 196 Å². The Labute approximate surface area is 218 Å². The van der Waals surface area contributed by atoms with Gasteiger partial charge in [-0.15, -0.1) is 0 Å². The van der Waals surface area contributed by atoms with Crippen LogP contribution in [0.5, 0.6) is 5.75 Å². The van der Waals surface area contributed by atoms with Gasteiger partial charge >= 0.3 is 18.1 Å². The largest absolute Gasteiger partial charge is 0.493 e. The Hall–Kier alpha value is -3.77. The zero-order valence-electron chi connectivity index (χ0n) is 21.4. The summed E-state index contributed by atoms with van der Waals surface area (Å²) in [6, 6.07) is 4.21. The minimum absolute atomic E-state index is 0.0145. The number of hydrogen-bond acceptors (Lipinski definition) is 10. The van der Waals surface area contributed by atoms with Gasteiger partial charge in [0.1, 0.15) is 5.75 Å². The van der Waals surface area contributed by atoms with E-state index in [9.17, 15) is 14.4 Å². The van der Waals surface area contributed by atoms with Crippen LogP contribution < -0.4 is 15.6 Å². The van der Waals surface area contributed by atoms with Gasteiger partial charge in [-0.05, 0) is 44.4 Å².